The number of phenolic OH excluding ortho intramolecular Hbond substituents is 1. The molecule has 1 unspecified atom stereocenters. The average Bonchev–Trinajstić information content (AvgIpc) is 2.86. The Labute approximate surface area is 222 Å². The molecule has 0 amide bonds. The maximum absolute atomic E-state index is 13.9. The second kappa shape index (κ2) is 10.2. The molecule has 0 radical (unpaired) electrons. The first kappa shape index (κ1) is 27.9. The summed E-state index contributed by atoms with van der Waals surface area (Å²) >= 11 is 0. The van der Waals surface area contributed by atoms with E-state index in [0.29, 0.717) is 30.0 Å². The van der Waals surface area contributed by atoms with Crippen molar-refractivity contribution >= 4 is 23.0 Å². The zero-order chi connectivity index (χ0) is 28.1. The number of anilines is 1. The van der Waals surface area contributed by atoms with E-state index in [1.807, 2.05) is 25.1 Å². The van der Waals surface area contributed by atoms with E-state index >= 15 is 0 Å². The highest BCUT2D eigenvalue weighted by Crippen LogP contribution is 2.52. The van der Waals surface area contributed by atoms with Gasteiger partial charge in [0.15, 0.2) is 17.2 Å². The van der Waals surface area contributed by atoms with Gasteiger partial charge in [-0.05, 0) is 42.9 Å². The van der Waals surface area contributed by atoms with Gasteiger partial charge in [0.25, 0.3) is 0 Å². The number of carbonyl (C=O) groups is 3. The van der Waals surface area contributed by atoms with Crippen LogP contribution in [0.1, 0.15) is 67.9 Å². The minimum absolute atomic E-state index is 0.0582. The Bertz CT molecular complexity index is 1260. The predicted molar refractivity (Wildman–Crippen MR) is 142 cm³/mol. The van der Waals surface area contributed by atoms with Gasteiger partial charge in [-0.15, -0.1) is 0 Å². The molecule has 4 atom stereocenters. The predicted octanol–water partition coefficient (Wildman–Crippen LogP) is 3.28. The summed E-state index contributed by atoms with van der Waals surface area (Å²) in [5.74, 6) is -4.70. The minimum atomic E-state index is -2.49. The molecule has 0 heterocycles. The van der Waals surface area contributed by atoms with Gasteiger partial charge in [-0.2, -0.15) is 0 Å². The van der Waals surface area contributed by atoms with Crippen molar-refractivity contribution in [2.24, 2.45) is 17.8 Å². The Balaban J connectivity index is 1.82. The Morgan fingerprint density at radius 3 is 2.47 bits per heavy atom. The van der Waals surface area contributed by atoms with Crippen LogP contribution >= 0.6 is 0 Å². The lowest BCUT2D eigenvalue weighted by molar-refractivity contribution is -0.144. The number of carbonyl (C=O) groups excluding carboxylic acids is 3. The fraction of sp³-hybridized carbons (Fsp3) is 0.552. The van der Waals surface area contributed by atoms with Crippen LogP contribution in [0, 0.1) is 17.8 Å². The van der Waals surface area contributed by atoms with Crippen LogP contribution in [0.2, 0.25) is 0 Å². The lowest BCUT2D eigenvalue weighted by Gasteiger charge is -2.46. The summed E-state index contributed by atoms with van der Waals surface area (Å²) in [5.41, 5.74) is -1.12. The smallest absolute Gasteiger partial charge is 0.209 e. The molecule has 206 valence electrons. The van der Waals surface area contributed by atoms with Crippen LogP contribution in [0.5, 0.6) is 5.75 Å². The van der Waals surface area contributed by atoms with Gasteiger partial charge in [0.2, 0.25) is 5.78 Å². The minimum Gasteiger partial charge on any atom is -0.511 e. The lowest BCUT2D eigenvalue weighted by Crippen LogP contribution is -2.56. The van der Waals surface area contributed by atoms with Crippen molar-refractivity contribution in [3.05, 3.63) is 45.4 Å². The third-order valence-electron chi connectivity index (χ3n) is 8.46. The van der Waals surface area contributed by atoms with Crippen LogP contribution in [0.15, 0.2) is 28.7 Å². The molecular weight excluding hydrogens is 488 g/mol. The number of rotatable bonds is 8. The molecular formula is C29H38N2O7. The molecule has 0 spiro atoms. The molecule has 0 aromatic heterocycles. The van der Waals surface area contributed by atoms with Gasteiger partial charge in [0.1, 0.15) is 22.8 Å². The number of allylic oxidation sites excluding steroid dienone is 2. The number of hydrogen-bond donors (Lipinski definition) is 5. The third-order valence-corrected chi connectivity index (χ3v) is 8.46. The molecule has 0 fully saturated rings. The highest BCUT2D eigenvalue weighted by molar-refractivity contribution is 6.25. The van der Waals surface area contributed by atoms with E-state index in [-0.39, 0.29) is 36.1 Å². The zero-order valence-corrected chi connectivity index (χ0v) is 22.7. The number of hydrogen-bond acceptors (Lipinski definition) is 9. The fourth-order valence-electron chi connectivity index (χ4n) is 6.06. The Morgan fingerprint density at radius 2 is 1.87 bits per heavy atom. The molecule has 0 aliphatic heterocycles. The van der Waals surface area contributed by atoms with Crippen LogP contribution < -0.4 is 10.2 Å². The lowest BCUT2D eigenvalue weighted by atomic mass is 9.60. The van der Waals surface area contributed by atoms with E-state index in [1.54, 1.807) is 0 Å². The van der Waals surface area contributed by atoms with Crippen LogP contribution in [0.3, 0.4) is 0 Å². The van der Waals surface area contributed by atoms with Gasteiger partial charge in [-0.25, -0.2) is 0 Å². The second-order valence-corrected chi connectivity index (χ2v) is 11.1. The second-order valence-electron chi connectivity index (χ2n) is 11.1. The topological polar surface area (TPSA) is 147 Å². The largest absolute Gasteiger partial charge is 0.511 e. The Hall–Kier alpha value is -3.17. The van der Waals surface area contributed by atoms with Crippen molar-refractivity contribution in [2.75, 3.05) is 25.5 Å². The first-order chi connectivity index (χ1) is 17.9. The number of Topliss-reactive ketones (excluding diaryl/α,β-unsaturated/α-hetero) is 3. The summed E-state index contributed by atoms with van der Waals surface area (Å²) in [4.78, 5) is 41.5. The first-order valence-corrected chi connectivity index (χ1v) is 13.3. The van der Waals surface area contributed by atoms with Crippen molar-refractivity contribution in [1.82, 2.24) is 5.32 Å². The Kier molecular flexibility index (Phi) is 7.47. The zero-order valence-electron chi connectivity index (χ0n) is 22.7. The molecule has 0 saturated carbocycles. The molecule has 9 nitrogen and oxygen atoms in total. The van der Waals surface area contributed by atoms with Crippen LogP contribution in [-0.2, 0) is 22.6 Å². The molecule has 38 heavy (non-hydrogen) atoms. The van der Waals surface area contributed by atoms with Crippen molar-refractivity contribution in [2.45, 2.75) is 65.0 Å². The van der Waals surface area contributed by atoms with Gasteiger partial charge in [-0.1, -0.05) is 27.2 Å². The quantitative estimate of drug-likeness (QED) is 0.322. The summed E-state index contributed by atoms with van der Waals surface area (Å²) in [5, 5.41) is 47.9. The highest BCUT2D eigenvalue weighted by Gasteiger charge is 2.59. The third kappa shape index (κ3) is 4.22. The van der Waals surface area contributed by atoms with E-state index in [2.05, 4.69) is 19.2 Å². The van der Waals surface area contributed by atoms with E-state index in [9.17, 15) is 34.8 Å². The van der Waals surface area contributed by atoms with Gasteiger partial charge in [0, 0.05) is 56.2 Å². The van der Waals surface area contributed by atoms with Crippen molar-refractivity contribution < 1.29 is 34.8 Å². The number of ketones is 3. The van der Waals surface area contributed by atoms with E-state index in [0.717, 1.165) is 18.7 Å². The summed E-state index contributed by atoms with van der Waals surface area (Å²) < 4.78 is 0. The van der Waals surface area contributed by atoms with Crippen LogP contribution in [0.4, 0.5) is 5.69 Å². The summed E-state index contributed by atoms with van der Waals surface area (Å²) in [7, 11) is 3.70. The van der Waals surface area contributed by atoms with E-state index in [1.165, 1.54) is 6.92 Å². The van der Waals surface area contributed by atoms with Crippen molar-refractivity contribution in [3.63, 3.8) is 0 Å². The number of nitrogens with zero attached hydrogens (tertiary/aromatic N) is 1. The highest BCUT2D eigenvalue weighted by atomic mass is 16.3. The fourth-order valence-corrected chi connectivity index (χ4v) is 6.06. The normalized spacial score (nSPS) is 25.6. The maximum Gasteiger partial charge on any atom is 0.209 e. The summed E-state index contributed by atoms with van der Waals surface area (Å²) in [6.45, 7) is 6.82. The number of fused-ring (bicyclic) bond motifs is 3. The molecule has 3 aliphatic rings. The van der Waals surface area contributed by atoms with Crippen LogP contribution in [0.25, 0.3) is 0 Å². The molecule has 0 bridgehead atoms. The molecule has 1 aromatic rings. The molecule has 0 saturated heterocycles. The molecule has 5 N–H and O–H groups in total. The van der Waals surface area contributed by atoms with Crippen molar-refractivity contribution in [3.8, 4) is 5.75 Å². The summed E-state index contributed by atoms with van der Waals surface area (Å²) in [6, 6.07) is 1.86. The van der Waals surface area contributed by atoms with Gasteiger partial charge in [-0.3, -0.25) is 14.4 Å². The number of benzene rings is 1. The monoisotopic (exact) mass is 526 g/mol. The standard InChI is InChI=1S/C29H38N2O7/c1-6-14(3)12-30-13-16-10-19(31(4)5)18-9-15-8-17-11-21(33)24(20(32)7-2)28(37)29(17,38)27(36)22(15)26(35)23(18)25(16)34/h10,14-15,17,30,33-34,36,38H,6-9,11-13H2,1-5H3/t14?,15-,17+,29+/m1/s1. The molecule has 4 rings (SSSR count). The summed E-state index contributed by atoms with van der Waals surface area (Å²) in [6.07, 6.45) is 1.23. The van der Waals surface area contributed by atoms with Gasteiger partial charge < -0.3 is 30.6 Å². The SMILES string of the molecule is CCC(=O)C1=C(O)C[C@@H]2C[C@@H]3Cc4c(N(C)C)cc(CNCC(C)CC)c(O)c4C(=O)C3=C(O)[C@]2(O)C1=O. The molecule has 9 heteroatoms. The van der Waals surface area contributed by atoms with Gasteiger partial charge in [0.05, 0.1) is 5.56 Å². The number of aliphatic hydroxyl groups excluding tert-OH is 2. The Morgan fingerprint density at radius 1 is 1.18 bits per heavy atom. The van der Waals surface area contributed by atoms with E-state index < -0.39 is 51.9 Å². The molecule has 1 aromatic carbocycles. The first-order valence-electron chi connectivity index (χ1n) is 13.3. The molecule has 3 aliphatic carbocycles. The van der Waals surface area contributed by atoms with Crippen LogP contribution in [-0.4, -0.2) is 64.0 Å². The van der Waals surface area contributed by atoms with Crippen molar-refractivity contribution in [1.29, 1.82) is 0 Å². The number of nitrogens with one attached hydrogen (secondary N) is 1. The number of phenols is 1. The van der Waals surface area contributed by atoms with E-state index in [4.69, 9.17) is 0 Å². The number of aromatic hydroxyl groups is 1. The average molecular weight is 527 g/mol. The van der Waals surface area contributed by atoms with Gasteiger partial charge >= 0.3 is 0 Å². The number of aliphatic hydroxyl groups is 3. The maximum atomic E-state index is 13.9.